The molecule has 3 nitrogen and oxygen atoms in total. The Hall–Kier alpha value is -0.850. The lowest BCUT2D eigenvalue weighted by atomic mass is 10.3. The molecule has 0 saturated carbocycles. The van der Waals surface area contributed by atoms with E-state index in [1.54, 1.807) is 11.3 Å². The summed E-state index contributed by atoms with van der Waals surface area (Å²) in [6, 6.07) is 9.95. The van der Waals surface area contributed by atoms with E-state index in [0.29, 0.717) is 13.0 Å². The zero-order valence-electron chi connectivity index (χ0n) is 10.8. The van der Waals surface area contributed by atoms with E-state index in [-0.39, 0.29) is 5.97 Å². The lowest BCUT2D eigenvalue weighted by Gasteiger charge is -2.09. The number of halogens is 2. The molecular weight excluding hydrogens is 406 g/mol. The summed E-state index contributed by atoms with van der Waals surface area (Å²) in [5, 5.41) is 3.38. The standard InChI is InChI=1S/C14H13Br2NO2S/c1-19-13(18)7-9-5-6-10(20-9)8-17-14-11(15)3-2-4-12(14)16/h2-6,17H,7-8H2,1H3. The minimum absolute atomic E-state index is 0.208. The molecule has 1 N–H and O–H groups in total. The van der Waals surface area contributed by atoms with E-state index in [4.69, 9.17) is 0 Å². The Bertz CT molecular complexity index is 593. The van der Waals surface area contributed by atoms with Gasteiger partial charge < -0.3 is 10.1 Å². The lowest BCUT2D eigenvalue weighted by molar-refractivity contribution is -0.139. The maximum Gasteiger partial charge on any atom is 0.310 e. The normalized spacial score (nSPS) is 10.3. The molecule has 0 aliphatic rings. The summed E-state index contributed by atoms with van der Waals surface area (Å²) in [5.74, 6) is -0.208. The molecule has 1 aromatic carbocycles. The Morgan fingerprint density at radius 1 is 1.20 bits per heavy atom. The van der Waals surface area contributed by atoms with Crippen LogP contribution in [-0.4, -0.2) is 13.1 Å². The third-order valence-corrected chi connectivity index (χ3v) is 5.07. The van der Waals surface area contributed by atoms with Crippen LogP contribution in [0.15, 0.2) is 39.3 Å². The molecule has 0 radical (unpaired) electrons. The number of carbonyl (C=O) groups is 1. The summed E-state index contributed by atoms with van der Waals surface area (Å²) in [6.07, 6.45) is 0.333. The van der Waals surface area contributed by atoms with Crippen LogP contribution in [-0.2, 0) is 22.5 Å². The number of nitrogens with one attached hydrogen (secondary N) is 1. The Morgan fingerprint density at radius 3 is 2.50 bits per heavy atom. The number of carbonyl (C=O) groups excluding carboxylic acids is 1. The van der Waals surface area contributed by atoms with Gasteiger partial charge in [0.2, 0.25) is 0 Å². The molecule has 1 heterocycles. The van der Waals surface area contributed by atoms with E-state index in [9.17, 15) is 4.79 Å². The zero-order chi connectivity index (χ0) is 14.5. The monoisotopic (exact) mass is 417 g/mol. The number of rotatable bonds is 5. The van der Waals surface area contributed by atoms with Gasteiger partial charge in [-0.15, -0.1) is 11.3 Å². The number of hydrogen-bond acceptors (Lipinski definition) is 4. The van der Waals surface area contributed by atoms with Gasteiger partial charge in [0.1, 0.15) is 0 Å². The Kier molecular flexibility index (Phi) is 5.63. The van der Waals surface area contributed by atoms with Crippen LogP contribution >= 0.6 is 43.2 Å². The molecule has 0 aliphatic carbocycles. The number of para-hydroxylation sites is 1. The Balaban J connectivity index is 1.99. The third-order valence-electron chi connectivity index (χ3n) is 2.67. The molecule has 0 amide bonds. The minimum atomic E-state index is -0.208. The highest BCUT2D eigenvalue weighted by Crippen LogP contribution is 2.31. The molecule has 1 aromatic heterocycles. The van der Waals surface area contributed by atoms with Gasteiger partial charge >= 0.3 is 5.97 Å². The van der Waals surface area contributed by atoms with Crippen molar-refractivity contribution in [1.29, 1.82) is 0 Å². The summed E-state index contributed by atoms with van der Waals surface area (Å²) < 4.78 is 6.69. The highest BCUT2D eigenvalue weighted by Gasteiger charge is 2.08. The predicted octanol–water partition coefficient (Wildman–Crippen LogP) is 4.60. The maximum absolute atomic E-state index is 11.2. The van der Waals surface area contributed by atoms with Gasteiger partial charge in [-0.2, -0.15) is 0 Å². The summed E-state index contributed by atoms with van der Waals surface area (Å²) in [6.45, 7) is 0.715. The van der Waals surface area contributed by atoms with Crippen LogP contribution in [0.2, 0.25) is 0 Å². The second kappa shape index (κ2) is 7.24. The number of anilines is 1. The highest BCUT2D eigenvalue weighted by atomic mass is 79.9. The number of benzene rings is 1. The molecule has 0 saturated heterocycles. The fourth-order valence-corrected chi connectivity index (χ4v) is 3.89. The van der Waals surface area contributed by atoms with Gasteiger partial charge in [-0.3, -0.25) is 4.79 Å². The second-order valence-corrected chi connectivity index (χ2v) is 7.03. The van der Waals surface area contributed by atoms with Crippen LogP contribution in [0, 0.1) is 0 Å². The smallest absolute Gasteiger partial charge is 0.310 e. The molecule has 0 spiro atoms. The molecule has 106 valence electrons. The van der Waals surface area contributed by atoms with Gasteiger partial charge in [-0.1, -0.05) is 6.07 Å². The topological polar surface area (TPSA) is 38.3 Å². The molecule has 0 unspecified atom stereocenters. The van der Waals surface area contributed by atoms with E-state index in [1.165, 1.54) is 12.0 Å². The Labute approximate surface area is 138 Å². The maximum atomic E-state index is 11.2. The molecule has 0 fully saturated rings. The van der Waals surface area contributed by atoms with Crippen LogP contribution in [0.3, 0.4) is 0 Å². The molecule has 2 aromatic rings. The summed E-state index contributed by atoms with van der Waals surface area (Å²) >= 11 is 8.65. The molecule has 0 atom stereocenters. The summed E-state index contributed by atoms with van der Waals surface area (Å²) in [4.78, 5) is 13.4. The van der Waals surface area contributed by atoms with Crippen molar-refractivity contribution in [2.24, 2.45) is 0 Å². The first-order chi connectivity index (χ1) is 9.60. The molecule has 20 heavy (non-hydrogen) atoms. The minimum Gasteiger partial charge on any atom is -0.469 e. The van der Waals surface area contributed by atoms with E-state index < -0.39 is 0 Å². The van der Waals surface area contributed by atoms with Crippen LogP contribution < -0.4 is 5.32 Å². The molecular formula is C14H13Br2NO2S. The van der Waals surface area contributed by atoms with Crippen molar-refractivity contribution in [3.63, 3.8) is 0 Å². The molecule has 0 bridgehead atoms. The van der Waals surface area contributed by atoms with Gasteiger partial charge in [-0.25, -0.2) is 0 Å². The number of thiophene rings is 1. The van der Waals surface area contributed by atoms with Crippen LogP contribution in [0.5, 0.6) is 0 Å². The summed E-state index contributed by atoms with van der Waals surface area (Å²) in [5.41, 5.74) is 1.02. The number of ether oxygens (including phenoxy) is 1. The van der Waals surface area contributed by atoms with Crippen molar-refractivity contribution < 1.29 is 9.53 Å². The average Bonchev–Trinajstić information content (AvgIpc) is 2.85. The average molecular weight is 419 g/mol. The van der Waals surface area contributed by atoms with Gasteiger partial charge in [0.15, 0.2) is 0 Å². The fraction of sp³-hybridized carbons (Fsp3) is 0.214. The van der Waals surface area contributed by atoms with Crippen molar-refractivity contribution in [2.45, 2.75) is 13.0 Å². The molecule has 2 rings (SSSR count). The van der Waals surface area contributed by atoms with Gasteiger partial charge in [-0.05, 0) is 56.1 Å². The van der Waals surface area contributed by atoms with Crippen molar-refractivity contribution in [3.8, 4) is 0 Å². The van der Waals surface area contributed by atoms with Crippen LogP contribution in [0.4, 0.5) is 5.69 Å². The van der Waals surface area contributed by atoms with E-state index in [2.05, 4.69) is 41.9 Å². The second-order valence-electron chi connectivity index (χ2n) is 4.07. The highest BCUT2D eigenvalue weighted by molar-refractivity contribution is 9.11. The Morgan fingerprint density at radius 2 is 1.85 bits per heavy atom. The number of methoxy groups -OCH3 is 1. The fourth-order valence-electron chi connectivity index (χ4n) is 1.67. The van der Waals surface area contributed by atoms with Crippen molar-refractivity contribution in [3.05, 3.63) is 49.0 Å². The van der Waals surface area contributed by atoms with Gasteiger partial charge in [0.25, 0.3) is 0 Å². The number of esters is 1. The van der Waals surface area contributed by atoms with Crippen molar-refractivity contribution in [2.75, 3.05) is 12.4 Å². The quantitative estimate of drug-likeness (QED) is 0.721. The van der Waals surface area contributed by atoms with E-state index in [0.717, 1.165) is 19.5 Å². The summed E-state index contributed by atoms with van der Waals surface area (Å²) in [7, 11) is 1.41. The first kappa shape index (κ1) is 15.5. The van der Waals surface area contributed by atoms with Crippen LogP contribution in [0.1, 0.15) is 9.75 Å². The first-order valence-electron chi connectivity index (χ1n) is 5.92. The third kappa shape index (κ3) is 4.07. The predicted molar refractivity (Wildman–Crippen MR) is 89.2 cm³/mol. The zero-order valence-corrected chi connectivity index (χ0v) is 14.8. The van der Waals surface area contributed by atoms with E-state index >= 15 is 0 Å². The van der Waals surface area contributed by atoms with Gasteiger partial charge in [0, 0.05) is 25.2 Å². The van der Waals surface area contributed by atoms with E-state index in [1.807, 2.05) is 30.3 Å². The largest absolute Gasteiger partial charge is 0.469 e. The molecule has 0 aliphatic heterocycles. The van der Waals surface area contributed by atoms with Crippen molar-refractivity contribution >= 4 is 54.9 Å². The first-order valence-corrected chi connectivity index (χ1v) is 8.32. The van der Waals surface area contributed by atoms with Gasteiger partial charge in [0.05, 0.1) is 19.2 Å². The number of hydrogen-bond donors (Lipinski definition) is 1. The lowest BCUT2D eigenvalue weighted by Crippen LogP contribution is -2.02. The molecule has 6 heteroatoms. The SMILES string of the molecule is COC(=O)Cc1ccc(CNc2c(Br)cccc2Br)s1. The van der Waals surface area contributed by atoms with Crippen molar-refractivity contribution in [1.82, 2.24) is 0 Å². The van der Waals surface area contributed by atoms with Crippen LogP contribution in [0.25, 0.3) is 0 Å².